The summed E-state index contributed by atoms with van der Waals surface area (Å²) in [5, 5.41) is 3.80. The average Bonchev–Trinajstić information content (AvgIpc) is 3.45. The fourth-order valence-corrected chi connectivity index (χ4v) is 12.6. The van der Waals surface area contributed by atoms with Crippen LogP contribution < -0.4 is 10.4 Å². The Bertz CT molecular complexity index is 1720. The summed E-state index contributed by atoms with van der Waals surface area (Å²) in [7, 11) is -2.64. The van der Waals surface area contributed by atoms with Crippen LogP contribution in [0.4, 0.5) is 0 Å². The quantitative estimate of drug-likeness (QED) is 0.139. The van der Waals surface area contributed by atoms with Gasteiger partial charge in [0.25, 0.3) is 8.32 Å². The Hall–Kier alpha value is -3.93. The summed E-state index contributed by atoms with van der Waals surface area (Å²) in [6.07, 6.45) is 5.39. The lowest BCUT2D eigenvalue weighted by Gasteiger charge is -2.43. The molecule has 244 valence electrons. The lowest BCUT2D eigenvalue weighted by Crippen LogP contribution is -2.66. The highest BCUT2D eigenvalue weighted by Crippen LogP contribution is 2.41. The van der Waals surface area contributed by atoms with Gasteiger partial charge in [-0.2, -0.15) is 0 Å². The zero-order valence-corrected chi connectivity index (χ0v) is 29.6. The summed E-state index contributed by atoms with van der Waals surface area (Å²) in [6.45, 7) is 11.4. The Kier molecular flexibility index (Phi) is 9.86. The van der Waals surface area contributed by atoms with Crippen LogP contribution in [0.5, 0.6) is 0 Å². The minimum atomic E-state index is -2.64. The van der Waals surface area contributed by atoms with Gasteiger partial charge in [0.1, 0.15) is 0 Å². The number of nitrogens with one attached hydrogen (secondary N) is 1. The van der Waals surface area contributed by atoms with Crippen molar-refractivity contribution in [1.29, 1.82) is 0 Å². The predicted octanol–water partition coefficient (Wildman–Crippen LogP) is 8.44. The first-order chi connectivity index (χ1) is 22.8. The molecular formula is C42H50N2O2Si. The lowest BCUT2D eigenvalue weighted by atomic mass is 9.73. The van der Waals surface area contributed by atoms with E-state index in [-0.39, 0.29) is 10.5 Å². The maximum atomic E-state index is 14.1. The summed E-state index contributed by atoms with van der Waals surface area (Å²) in [5.74, 6) is 0.322. The van der Waals surface area contributed by atoms with Crippen molar-refractivity contribution in [3.63, 3.8) is 0 Å². The van der Waals surface area contributed by atoms with Gasteiger partial charge >= 0.3 is 0 Å². The zero-order chi connectivity index (χ0) is 32.9. The van der Waals surface area contributed by atoms with E-state index in [2.05, 4.69) is 147 Å². The number of nitrogens with zero attached hydrogens (tertiary/aromatic N) is 1. The smallest absolute Gasteiger partial charge is 0.261 e. The molecule has 1 amide bonds. The van der Waals surface area contributed by atoms with Gasteiger partial charge in [0.15, 0.2) is 0 Å². The predicted molar refractivity (Wildman–Crippen MR) is 198 cm³/mol. The molecule has 1 atom stereocenters. The van der Waals surface area contributed by atoms with Gasteiger partial charge in [-0.3, -0.25) is 4.79 Å². The van der Waals surface area contributed by atoms with Crippen molar-refractivity contribution in [2.75, 3.05) is 13.2 Å². The van der Waals surface area contributed by atoms with Crippen molar-refractivity contribution in [3.8, 4) is 0 Å². The van der Waals surface area contributed by atoms with Gasteiger partial charge < -0.3 is 14.3 Å². The molecule has 1 unspecified atom stereocenters. The van der Waals surface area contributed by atoms with Crippen molar-refractivity contribution in [3.05, 3.63) is 132 Å². The fourth-order valence-electron chi connectivity index (χ4n) is 8.03. The number of fused-ring (bicyclic) bond motifs is 1. The van der Waals surface area contributed by atoms with E-state index in [1.165, 1.54) is 32.6 Å². The number of H-pyrrole nitrogens is 1. The third kappa shape index (κ3) is 6.61. The van der Waals surface area contributed by atoms with Crippen molar-refractivity contribution in [2.45, 2.75) is 77.8 Å². The summed E-state index contributed by atoms with van der Waals surface area (Å²) < 4.78 is 7.33. The molecule has 4 aromatic carbocycles. The third-order valence-electron chi connectivity index (χ3n) is 10.6. The maximum absolute atomic E-state index is 14.1. The lowest BCUT2D eigenvalue weighted by molar-refractivity contribution is -0.148. The van der Waals surface area contributed by atoms with E-state index >= 15 is 0 Å². The van der Waals surface area contributed by atoms with Gasteiger partial charge in [0, 0.05) is 41.7 Å². The van der Waals surface area contributed by atoms with Crippen LogP contribution in [-0.4, -0.2) is 37.3 Å². The standard InChI is InChI=1S/C42H50N2O2Si/c1-5-42(28-17-30-44(40(42)45)32-33-18-9-6-10-19-33)29-26-39-37(36-24-15-16-25-38(36)43-39)27-31-46-47(41(2,3)4,34-20-11-7-12-21-34)35-22-13-8-14-23-35/h6-16,18-25,43H,5,17,26-32H2,1-4H3. The fraction of sp³-hybridized carbons (Fsp3) is 0.357. The van der Waals surface area contributed by atoms with Gasteiger partial charge in [-0.1, -0.05) is 137 Å². The number of carbonyl (C=O) groups excluding carboxylic acids is 1. The zero-order valence-electron chi connectivity index (χ0n) is 28.6. The molecule has 5 aromatic rings. The first kappa shape index (κ1) is 33.0. The van der Waals surface area contributed by atoms with Crippen molar-refractivity contribution >= 4 is 35.5 Å². The van der Waals surface area contributed by atoms with Crippen LogP contribution in [0.1, 0.15) is 70.2 Å². The number of amides is 1. The van der Waals surface area contributed by atoms with Crippen LogP contribution >= 0.6 is 0 Å². The topological polar surface area (TPSA) is 45.3 Å². The molecule has 0 aliphatic carbocycles. The number of carbonyl (C=O) groups is 1. The second-order valence-electron chi connectivity index (χ2n) is 14.3. The molecule has 4 nitrogen and oxygen atoms in total. The molecule has 0 spiro atoms. The number of rotatable bonds is 12. The molecule has 1 aliphatic rings. The van der Waals surface area contributed by atoms with Crippen LogP contribution in [-0.2, 0) is 28.6 Å². The molecule has 0 radical (unpaired) electrons. The van der Waals surface area contributed by atoms with Gasteiger partial charge in [-0.25, -0.2) is 0 Å². The number of benzene rings is 4. The molecule has 1 saturated heterocycles. The average molecular weight is 643 g/mol. The molecule has 1 fully saturated rings. The highest BCUT2D eigenvalue weighted by molar-refractivity contribution is 6.99. The second kappa shape index (κ2) is 14.0. The molecule has 1 aromatic heterocycles. The van der Waals surface area contributed by atoms with Gasteiger partial charge in [-0.15, -0.1) is 0 Å². The van der Waals surface area contributed by atoms with Crippen molar-refractivity contribution in [1.82, 2.24) is 9.88 Å². The molecular weight excluding hydrogens is 593 g/mol. The number of aryl methyl sites for hydroxylation is 1. The van der Waals surface area contributed by atoms with Gasteiger partial charge in [-0.05, 0) is 71.1 Å². The minimum absolute atomic E-state index is 0.0702. The van der Waals surface area contributed by atoms with Crippen LogP contribution in [0, 0.1) is 5.41 Å². The van der Waals surface area contributed by atoms with Crippen LogP contribution in [0.2, 0.25) is 5.04 Å². The Labute approximate surface area is 282 Å². The monoisotopic (exact) mass is 642 g/mol. The summed E-state index contributed by atoms with van der Waals surface area (Å²) in [5.41, 5.74) is 4.61. The first-order valence-electron chi connectivity index (χ1n) is 17.4. The van der Waals surface area contributed by atoms with Crippen LogP contribution in [0.3, 0.4) is 0 Å². The molecule has 47 heavy (non-hydrogen) atoms. The number of likely N-dealkylation sites (tertiary alicyclic amines) is 1. The summed E-state index contributed by atoms with van der Waals surface area (Å²) in [4.78, 5) is 20.0. The highest BCUT2D eigenvalue weighted by Gasteiger charge is 2.50. The van der Waals surface area contributed by atoms with Gasteiger partial charge in [0.2, 0.25) is 5.91 Å². The summed E-state index contributed by atoms with van der Waals surface area (Å²) in [6, 6.07) is 40.8. The first-order valence-corrected chi connectivity index (χ1v) is 19.3. The Balaban J connectivity index is 1.26. The Morgan fingerprint density at radius 1 is 0.809 bits per heavy atom. The molecule has 1 aliphatic heterocycles. The third-order valence-corrected chi connectivity index (χ3v) is 15.6. The molecule has 6 rings (SSSR count). The largest absolute Gasteiger partial charge is 0.407 e. The van der Waals surface area contributed by atoms with E-state index in [1.807, 2.05) is 6.07 Å². The highest BCUT2D eigenvalue weighted by atomic mass is 28.4. The van der Waals surface area contributed by atoms with Crippen molar-refractivity contribution < 1.29 is 9.22 Å². The van der Waals surface area contributed by atoms with E-state index < -0.39 is 8.32 Å². The summed E-state index contributed by atoms with van der Waals surface area (Å²) >= 11 is 0. The van der Waals surface area contributed by atoms with Crippen LogP contribution in [0.25, 0.3) is 10.9 Å². The Morgan fingerprint density at radius 3 is 2.02 bits per heavy atom. The van der Waals surface area contributed by atoms with E-state index in [0.717, 1.165) is 50.6 Å². The number of hydrogen-bond acceptors (Lipinski definition) is 2. The SMILES string of the molecule is CCC1(CCc2[nH]c3ccccc3c2CCO[Si](c2ccccc2)(c2ccccc2)C(C)(C)C)CCCN(Cc2ccccc2)C1=O. The van der Waals surface area contributed by atoms with E-state index in [9.17, 15) is 4.79 Å². The molecule has 2 heterocycles. The van der Waals surface area contributed by atoms with Gasteiger partial charge in [0.05, 0.1) is 0 Å². The number of aromatic amines is 1. The molecule has 5 heteroatoms. The van der Waals surface area contributed by atoms with E-state index in [4.69, 9.17) is 4.43 Å². The van der Waals surface area contributed by atoms with E-state index in [1.54, 1.807) is 0 Å². The minimum Gasteiger partial charge on any atom is -0.407 e. The number of hydrogen-bond donors (Lipinski definition) is 1. The molecule has 1 N–H and O–H groups in total. The number of aromatic nitrogens is 1. The normalized spacial score (nSPS) is 17.4. The maximum Gasteiger partial charge on any atom is 0.261 e. The van der Waals surface area contributed by atoms with Crippen molar-refractivity contribution in [2.24, 2.45) is 5.41 Å². The number of piperidine rings is 1. The molecule has 0 bridgehead atoms. The Morgan fingerprint density at radius 2 is 1.40 bits per heavy atom. The second-order valence-corrected chi connectivity index (χ2v) is 18.6. The molecule has 0 saturated carbocycles. The van der Waals surface area contributed by atoms with E-state index in [0.29, 0.717) is 19.1 Å². The number of para-hydroxylation sites is 1. The van der Waals surface area contributed by atoms with Crippen LogP contribution in [0.15, 0.2) is 115 Å².